The number of carboxylic acids is 1. The van der Waals surface area contributed by atoms with Crippen LogP contribution in [-0.2, 0) is 22.7 Å². The highest BCUT2D eigenvalue weighted by atomic mass is 16.4. The van der Waals surface area contributed by atoms with Gasteiger partial charge < -0.3 is 10.4 Å². The maximum Gasteiger partial charge on any atom is 0.312 e. The third-order valence-corrected chi connectivity index (χ3v) is 3.68. The predicted molar refractivity (Wildman–Crippen MR) is 79.7 cm³/mol. The summed E-state index contributed by atoms with van der Waals surface area (Å²) in [5, 5.41) is 11.1. The molecular weight excluding hydrogens is 268 g/mol. The molecule has 5 nitrogen and oxygen atoms in total. The molecule has 1 saturated heterocycles. The first-order chi connectivity index (χ1) is 10.1. The molecule has 1 heterocycles. The molecule has 1 aliphatic heterocycles. The second kappa shape index (κ2) is 7.78. The monoisotopic (exact) mass is 290 g/mol. The van der Waals surface area contributed by atoms with E-state index < -0.39 is 18.3 Å². The zero-order chi connectivity index (χ0) is 15.1. The Kier molecular flexibility index (Phi) is 5.75. The summed E-state index contributed by atoms with van der Waals surface area (Å²) in [5.74, 6) is -1.57. The number of nitrogens with one attached hydrogen (secondary N) is 1. The molecule has 1 fully saturated rings. The lowest BCUT2D eigenvalue weighted by atomic mass is 10.1. The summed E-state index contributed by atoms with van der Waals surface area (Å²) in [6.07, 6.45) is 3.43. The number of piperidine rings is 1. The molecule has 0 atom stereocenters. The maximum absolute atomic E-state index is 11.3. The van der Waals surface area contributed by atoms with E-state index in [4.69, 9.17) is 5.11 Å². The summed E-state index contributed by atoms with van der Waals surface area (Å²) in [6.45, 7) is 3.70. The number of amides is 1. The standard InChI is InChI=1S/C16H22N2O3/c19-15(10-16(20)21)17-11-13-4-6-14(7-5-13)12-18-8-2-1-3-9-18/h4-7H,1-3,8-12H2,(H,17,19)(H,20,21). The van der Waals surface area contributed by atoms with Gasteiger partial charge in [-0.05, 0) is 37.1 Å². The van der Waals surface area contributed by atoms with Gasteiger partial charge >= 0.3 is 5.97 Å². The molecule has 0 bridgehead atoms. The molecule has 5 heteroatoms. The average Bonchev–Trinajstić information content (AvgIpc) is 2.47. The van der Waals surface area contributed by atoms with Gasteiger partial charge in [0.15, 0.2) is 0 Å². The second-order valence-electron chi connectivity index (χ2n) is 5.50. The van der Waals surface area contributed by atoms with Crippen molar-refractivity contribution in [1.29, 1.82) is 0 Å². The van der Waals surface area contributed by atoms with E-state index in [1.165, 1.54) is 37.9 Å². The van der Waals surface area contributed by atoms with Crippen molar-refractivity contribution in [3.63, 3.8) is 0 Å². The Morgan fingerprint density at radius 2 is 1.67 bits per heavy atom. The summed E-state index contributed by atoms with van der Waals surface area (Å²) >= 11 is 0. The fraction of sp³-hybridized carbons (Fsp3) is 0.500. The maximum atomic E-state index is 11.3. The quantitative estimate of drug-likeness (QED) is 0.783. The van der Waals surface area contributed by atoms with E-state index in [1.54, 1.807) is 0 Å². The van der Waals surface area contributed by atoms with E-state index in [1.807, 2.05) is 12.1 Å². The van der Waals surface area contributed by atoms with Gasteiger partial charge in [-0.1, -0.05) is 30.7 Å². The third-order valence-electron chi connectivity index (χ3n) is 3.68. The summed E-state index contributed by atoms with van der Waals surface area (Å²) in [6, 6.07) is 8.13. The van der Waals surface area contributed by atoms with Gasteiger partial charge in [-0.15, -0.1) is 0 Å². The Hall–Kier alpha value is -1.88. The predicted octanol–water partition coefficient (Wildman–Crippen LogP) is 1.76. The van der Waals surface area contributed by atoms with Crippen molar-refractivity contribution in [1.82, 2.24) is 10.2 Å². The number of hydrogen-bond acceptors (Lipinski definition) is 3. The number of carboxylic acid groups (broad SMARTS) is 1. The topological polar surface area (TPSA) is 69.6 Å². The van der Waals surface area contributed by atoms with Crippen LogP contribution in [0.2, 0.25) is 0 Å². The van der Waals surface area contributed by atoms with Gasteiger partial charge in [-0.3, -0.25) is 14.5 Å². The molecule has 0 spiro atoms. The molecule has 21 heavy (non-hydrogen) atoms. The van der Waals surface area contributed by atoms with Gasteiger partial charge in [0.1, 0.15) is 6.42 Å². The zero-order valence-electron chi connectivity index (χ0n) is 12.2. The molecule has 0 saturated carbocycles. The summed E-state index contributed by atoms with van der Waals surface area (Å²) in [4.78, 5) is 24.1. The normalized spacial score (nSPS) is 15.6. The summed E-state index contributed by atoms with van der Waals surface area (Å²) < 4.78 is 0. The fourth-order valence-electron chi connectivity index (χ4n) is 2.54. The molecule has 0 radical (unpaired) electrons. The number of rotatable bonds is 6. The van der Waals surface area contributed by atoms with Crippen LogP contribution >= 0.6 is 0 Å². The number of carbonyl (C=O) groups is 2. The van der Waals surface area contributed by atoms with E-state index in [0.717, 1.165) is 12.1 Å². The molecule has 114 valence electrons. The SMILES string of the molecule is O=C(O)CC(=O)NCc1ccc(CN2CCCCC2)cc1. The van der Waals surface area contributed by atoms with Gasteiger partial charge in [0, 0.05) is 13.1 Å². The van der Waals surface area contributed by atoms with E-state index in [0.29, 0.717) is 6.54 Å². The van der Waals surface area contributed by atoms with Crippen molar-refractivity contribution in [2.75, 3.05) is 13.1 Å². The Balaban J connectivity index is 1.78. The first-order valence-electron chi connectivity index (χ1n) is 7.42. The molecule has 0 aromatic heterocycles. The second-order valence-corrected chi connectivity index (χ2v) is 5.50. The van der Waals surface area contributed by atoms with Gasteiger partial charge in [-0.2, -0.15) is 0 Å². The van der Waals surface area contributed by atoms with Gasteiger partial charge in [0.25, 0.3) is 0 Å². The molecule has 1 aromatic rings. The molecule has 2 N–H and O–H groups in total. The van der Waals surface area contributed by atoms with Crippen LogP contribution in [0, 0.1) is 0 Å². The van der Waals surface area contributed by atoms with Gasteiger partial charge in [0.2, 0.25) is 5.91 Å². The molecule has 1 amide bonds. The molecule has 2 rings (SSSR count). The summed E-state index contributed by atoms with van der Waals surface area (Å²) in [5.41, 5.74) is 2.26. The number of aliphatic carboxylic acids is 1. The number of carbonyl (C=O) groups excluding carboxylic acids is 1. The van der Waals surface area contributed by atoms with E-state index >= 15 is 0 Å². The van der Waals surface area contributed by atoms with Crippen molar-refractivity contribution < 1.29 is 14.7 Å². The number of benzene rings is 1. The lowest BCUT2D eigenvalue weighted by molar-refractivity contribution is -0.140. The Morgan fingerprint density at radius 3 is 2.29 bits per heavy atom. The van der Waals surface area contributed by atoms with Gasteiger partial charge in [-0.25, -0.2) is 0 Å². The zero-order valence-corrected chi connectivity index (χ0v) is 12.2. The number of likely N-dealkylation sites (tertiary alicyclic amines) is 1. The van der Waals surface area contributed by atoms with Crippen molar-refractivity contribution in [3.05, 3.63) is 35.4 Å². The highest BCUT2D eigenvalue weighted by Crippen LogP contribution is 2.13. The molecule has 1 aromatic carbocycles. The Bertz CT molecular complexity index is 479. The number of nitrogens with zero attached hydrogens (tertiary/aromatic N) is 1. The Labute approximate surface area is 125 Å². The van der Waals surface area contributed by atoms with E-state index in [-0.39, 0.29) is 0 Å². The highest BCUT2D eigenvalue weighted by Gasteiger charge is 2.10. The van der Waals surface area contributed by atoms with E-state index in [9.17, 15) is 9.59 Å². The van der Waals surface area contributed by atoms with Crippen molar-refractivity contribution in [2.45, 2.75) is 38.8 Å². The van der Waals surface area contributed by atoms with Crippen LogP contribution in [0.4, 0.5) is 0 Å². The molecule has 1 aliphatic rings. The largest absolute Gasteiger partial charge is 0.481 e. The molecule has 0 aliphatic carbocycles. The highest BCUT2D eigenvalue weighted by molar-refractivity contribution is 5.93. The first kappa shape index (κ1) is 15.5. The molecule has 0 unspecified atom stereocenters. The summed E-state index contributed by atoms with van der Waals surface area (Å²) in [7, 11) is 0. The third kappa shape index (κ3) is 5.55. The van der Waals surface area contributed by atoms with Crippen LogP contribution in [0.25, 0.3) is 0 Å². The van der Waals surface area contributed by atoms with Crippen LogP contribution in [0.1, 0.15) is 36.8 Å². The van der Waals surface area contributed by atoms with Crippen molar-refractivity contribution in [3.8, 4) is 0 Å². The fourth-order valence-corrected chi connectivity index (χ4v) is 2.54. The molecular formula is C16H22N2O3. The Morgan fingerprint density at radius 1 is 1.05 bits per heavy atom. The van der Waals surface area contributed by atoms with Crippen LogP contribution < -0.4 is 5.32 Å². The van der Waals surface area contributed by atoms with E-state index in [2.05, 4.69) is 22.3 Å². The van der Waals surface area contributed by atoms with Gasteiger partial charge in [0.05, 0.1) is 0 Å². The van der Waals surface area contributed by atoms with Crippen LogP contribution in [0.3, 0.4) is 0 Å². The van der Waals surface area contributed by atoms with Crippen LogP contribution in [0.5, 0.6) is 0 Å². The minimum Gasteiger partial charge on any atom is -0.481 e. The minimum atomic E-state index is -1.11. The average molecular weight is 290 g/mol. The lowest BCUT2D eigenvalue weighted by Crippen LogP contribution is -2.29. The van der Waals surface area contributed by atoms with Crippen molar-refractivity contribution >= 4 is 11.9 Å². The first-order valence-corrected chi connectivity index (χ1v) is 7.42. The van der Waals surface area contributed by atoms with Crippen LogP contribution in [-0.4, -0.2) is 35.0 Å². The van der Waals surface area contributed by atoms with Crippen molar-refractivity contribution in [2.24, 2.45) is 0 Å². The van der Waals surface area contributed by atoms with Crippen LogP contribution in [0.15, 0.2) is 24.3 Å². The lowest BCUT2D eigenvalue weighted by Gasteiger charge is -2.26. The number of hydrogen-bond donors (Lipinski definition) is 2. The smallest absolute Gasteiger partial charge is 0.312 e. The minimum absolute atomic E-state index is 0.371.